The van der Waals surface area contributed by atoms with Gasteiger partial charge in [-0.1, -0.05) is 6.92 Å². The lowest BCUT2D eigenvalue weighted by atomic mass is 10.3. The molecule has 2 heterocycles. The van der Waals surface area contributed by atoms with Gasteiger partial charge in [-0.3, -0.25) is 9.48 Å². The van der Waals surface area contributed by atoms with E-state index in [1.54, 1.807) is 23.0 Å². The average Bonchev–Trinajstić information content (AvgIpc) is 2.89. The van der Waals surface area contributed by atoms with Crippen LogP contribution in [0.1, 0.15) is 37.2 Å². The Kier molecular flexibility index (Phi) is 3.77. The van der Waals surface area contributed by atoms with Gasteiger partial charge in [-0.25, -0.2) is 4.98 Å². The van der Waals surface area contributed by atoms with Gasteiger partial charge in [0.15, 0.2) is 0 Å². The Morgan fingerprint density at radius 3 is 3.00 bits per heavy atom. The molecule has 0 N–H and O–H groups in total. The second kappa shape index (κ2) is 5.71. The van der Waals surface area contributed by atoms with Crippen molar-refractivity contribution in [2.45, 2.75) is 38.8 Å². The summed E-state index contributed by atoms with van der Waals surface area (Å²) in [5, 5.41) is 3.98. The molecule has 0 aromatic carbocycles. The predicted molar refractivity (Wildman–Crippen MR) is 76.3 cm³/mol. The monoisotopic (exact) mass is 288 g/mol. The summed E-state index contributed by atoms with van der Waals surface area (Å²) in [5.41, 5.74) is 0. The number of hydrogen-bond acceptors (Lipinski definition) is 4. The third-order valence-electron chi connectivity index (χ3n) is 4.00. The second-order valence-corrected chi connectivity index (χ2v) is 5.78. The molecule has 1 aliphatic rings. The largest absolute Gasteiger partial charge is 0.464 e. The highest BCUT2D eigenvalue weighted by Gasteiger charge is 2.36. The van der Waals surface area contributed by atoms with Gasteiger partial charge in [0, 0.05) is 19.4 Å². The molecule has 1 fully saturated rings. The molecule has 6 nitrogen and oxygen atoms in total. The maximum absolute atomic E-state index is 12.1. The smallest absolute Gasteiger partial charge is 0.224 e. The fourth-order valence-corrected chi connectivity index (χ4v) is 2.47. The van der Waals surface area contributed by atoms with Crippen LogP contribution in [0.25, 0.3) is 0 Å². The highest BCUT2D eigenvalue weighted by molar-refractivity contribution is 5.75. The van der Waals surface area contributed by atoms with Crippen molar-refractivity contribution >= 4 is 5.91 Å². The lowest BCUT2D eigenvalue weighted by Crippen LogP contribution is -2.26. The summed E-state index contributed by atoms with van der Waals surface area (Å²) in [7, 11) is 1.80. The van der Waals surface area contributed by atoms with Gasteiger partial charge in [-0.15, -0.1) is 0 Å². The van der Waals surface area contributed by atoms with Crippen molar-refractivity contribution in [2.75, 3.05) is 7.05 Å². The first-order valence-electron chi connectivity index (χ1n) is 7.28. The number of aromatic nitrogens is 3. The van der Waals surface area contributed by atoms with Gasteiger partial charge in [0.05, 0.1) is 13.1 Å². The number of hydrogen-bond donors (Lipinski definition) is 0. The van der Waals surface area contributed by atoms with Crippen molar-refractivity contribution in [3.8, 4) is 0 Å². The van der Waals surface area contributed by atoms with Gasteiger partial charge >= 0.3 is 0 Å². The first-order chi connectivity index (χ1) is 10.1. The summed E-state index contributed by atoms with van der Waals surface area (Å²) in [6, 6.07) is 4.01. The number of furan rings is 1. The van der Waals surface area contributed by atoms with E-state index in [1.807, 2.05) is 12.1 Å². The van der Waals surface area contributed by atoms with Crippen LogP contribution < -0.4 is 0 Å². The van der Waals surface area contributed by atoms with Crippen molar-refractivity contribution in [3.05, 3.63) is 36.3 Å². The molecule has 0 bridgehead atoms. The number of aryl methyl sites for hydroxylation is 1. The summed E-state index contributed by atoms with van der Waals surface area (Å²) in [6.07, 6.45) is 4.70. The predicted octanol–water partition coefficient (Wildman–Crippen LogP) is 2.04. The molecule has 0 unspecified atom stereocenters. The highest BCUT2D eigenvalue weighted by atomic mass is 16.3. The quantitative estimate of drug-likeness (QED) is 0.816. The lowest BCUT2D eigenvalue weighted by molar-refractivity contribution is -0.130. The van der Waals surface area contributed by atoms with E-state index in [9.17, 15) is 4.79 Å². The zero-order valence-corrected chi connectivity index (χ0v) is 12.4. The van der Waals surface area contributed by atoms with Gasteiger partial charge in [0.2, 0.25) is 5.91 Å². The summed E-state index contributed by atoms with van der Waals surface area (Å²) < 4.78 is 7.49. The van der Waals surface area contributed by atoms with Gasteiger partial charge < -0.3 is 9.32 Å². The van der Waals surface area contributed by atoms with E-state index in [2.05, 4.69) is 17.0 Å². The second-order valence-electron chi connectivity index (χ2n) is 5.78. The molecule has 1 amide bonds. The van der Waals surface area contributed by atoms with Crippen LogP contribution in [0.5, 0.6) is 0 Å². The molecule has 2 aromatic heterocycles. The number of nitrogens with zero attached hydrogens (tertiary/aromatic N) is 4. The van der Waals surface area contributed by atoms with Gasteiger partial charge in [0.1, 0.15) is 24.2 Å². The third-order valence-corrected chi connectivity index (χ3v) is 4.00. The molecule has 0 spiro atoms. The summed E-state index contributed by atoms with van der Waals surface area (Å²) in [4.78, 5) is 17.6. The minimum atomic E-state index is 0.0724. The van der Waals surface area contributed by atoms with Crippen LogP contribution in [-0.2, 0) is 17.9 Å². The minimum absolute atomic E-state index is 0.0724. The molecule has 2 aromatic rings. The Balaban J connectivity index is 1.49. The van der Waals surface area contributed by atoms with E-state index < -0.39 is 0 Å². The molecule has 0 saturated heterocycles. The molecule has 0 aliphatic heterocycles. The molecule has 21 heavy (non-hydrogen) atoms. The van der Waals surface area contributed by atoms with Crippen molar-refractivity contribution in [1.82, 2.24) is 19.7 Å². The Labute approximate surface area is 123 Å². The van der Waals surface area contributed by atoms with Gasteiger partial charge in [-0.2, -0.15) is 5.10 Å². The van der Waals surface area contributed by atoms with Crippen LogP contribution in [0.2, 0.25) is 0 Å². The molecule has 112 valence electrons. The van der Waals surface area contributed by atoms with Gasteiger partial charge in [0.25, 0.3) is 0 Å². The van der Waals surface area contributed by atoms with E-state index in [0.29, 0.717) is 25.4 Å². The first-order valence-corrected chi connectivity index (χ1v) is 7.28. The Hall–Kier alpha value is -2.11. The van der Waals surface area contributed by atoms with Crippen molar-refractivity contribution in [1.29, 1.82) is 0 Å². The van der Waals surface area contributed by atoms with Crippen LogP contribution in [0.4, 0.5) is 0 Å². The van der Waals surface area contributed by atoms with Crippen molar-refractivity contribution in [3.63, 3.8) is 0 Å². The number of carbonyl (C=O) groups excluding carboxylic acids is 1. The molecule has 3 rings (SSSR count). The molecule has 2 atom stereocenters. The summed E-state index contributed by atoms with van der Waals surface area (Å²) in [5.74, 6) is 3.28. The SMILES string of the molecule is C[C@H]1C[C@@H]1c1ccc(CN(C)C(=O)CCn2cncn2)o1. The number of carbonyl (C=O) groups is 1. The Bertz CT molecular complexity index is 605. The lowest BCUT2D eigenvalue weighted by Gasteiger charge is -2.15. The summed E-state index contributed by atoms with van der Waals surface area (Å²) in [6.45, 7) is 3.29. The van der Waals surface area contributed by atoms with E-state index >= 15 is 0 Å². The minimum Gasteiger partial charge on any atom is -0.464 e. The van der Waals surface area contributed by atoms with E-state index in [0.717, 1.165) is 17.4 Å². The fraction of sp³-hybridized carbons (Fsp3) is 0.533. The van der Waals surface area contributed by atoms with Crippen LogP contribution >= 0.6 is 0 Å². The normalized spacial score (nSPS) is 20.5. The topological polar surface area (TPSA) is 64.2 Å². The van der Waals surface area contributed by atoms with Crippen molar-refractivity contribution in [2.24, 2.45) is 5.92 Å². The maximum Gasteiger partial charge on any atom is 0.224 e. The molecule has 0 radical (unpaired) electrons. The fourth-order valence-electron chi connectivity index (χ4n) is 2.47. The van der Waals surface area contributed by atoms with Crippen LogP contribution in [-0.4, -0.2) is 32.6 Å². The zero-order chi connectivity index (χ0) is 14.8. The third kappa shape index (κ3) is 3.32. The van der Waals surface area contributed by atoms with E-state index in [1.165, 1.54) is 12.7 Å². The van der Waals surface area contributed by atoms with Crippen LogP contribution in [0.15, 0.2) is 29.2 Å². The van der Waals surface area contributed by atoms with Gasteiger partial charge in [-0.05, 0) is 24.5 Å². The zero-order valence-electron chi connectivity index (χ0n) is 12.4. The Morgan fingerprint density at radius 1 is 1.52 bits per heavy atom. The molecule has 6 heteroatoms. The number of amides is 1. The van der Waals surface area contributed by atoms with Crippen LogP contribution in [0, 0.1) is 5.92 Å². The molecular weight excluding hydrogens is 268 g/mol. The van der Waals surface area contributed by atoms with E-state index in [-0.39, 0.29) is 5.91 Å². The Morgan fingerprint density at radius 2 is 2.33 bits per heavy atom. The van der Waals surface area contributed by atoms with Crippen LogP contribution in [0.3, 0.4) is 0 Å². The van der Waals surface area contributed by atoms with E-state index in [4.69, 9.17) is 4.42 Å². The number of rotatable bonds is 6. The summed E-state index contributed by atoms with van der Waals surface area (Å²) >= 11 is 0. The highest BCUT2D eigenvalue weighted by Crippen LogP contribution is 2.47. The maximum atomic E-state index is 12.1. The first kappa shape index (κ1) is 13.9. The molecule has 1 saturated carbocycles. The van der Waals surface area contributed by atoms with Crippen molar-refractivity contribution < 1.29 is 9.21 Å². The standard InChI is InChI=1S/C15H20N4O2/c1-11-7-13(11)14-4-3-12(21-14)8-18(2)15(20)5-6-19-10-16-9-17-19/h3-4,9-11,13H,5-8H2,1-2H3/t11-,13-/m0/s1. The average molecular weight is 288 g/mol. The molecule has 1 aliphatic carbocycles. The molecular formula is C15H20N4O2.